The summed E-state index contributed by atoms with van der Waals surface area (Å²) in [5.74, 6) is 0.219. The topological polar surface area (TPSA) is 144 Å². The van der Waals surface area contributed by atoms with Gasteiger partial charge in [0, 0.05) is 0 Å². The maximum absolute atomic E-state index is 12.9. The Balaban J connectivity index is 1.34. The quantitative estimate of drug-likeness (QED) is 0.596. The summed E-state index contributed by atoms with van der Waals surface area (Å²) in [6.07, 6.45) is -0.788. The van der Waals surface area contributed by atoms with Gasteiger partial charge in [0.2, 0.25) is 0 Å². The van der Waals surface area contributed by atoms with Crippen molar-refractivity contribution >= 4 is 24.8 Å². The van der Waals surface area contributed by atoms with Crippen LogP contribution in [0.25, 0.3) is 11.2 Å². The van der Waals surface area contributed by atoms with Gasteiger partial charge in [0.05, 0.1) is 19.5 Å². The SMILES string of the molecule is Nc1ncnc2c1ncn2C1O[C@@H]2COP(=O)(OCc3ccccc3)O[C@H]2[C@H]1O. The van der Waals surface area contributed by atoms with Crippen molar-refractivity contribution in [2.24, 2.45) is 0 Å². The number of rotatable bonds is 4. The Morgan fingerprint density at radius 3 is 2.93 bits per heavy atom. The Morgan fingerprint density at radius 2 is 2.10 bits per heavy atom. The van der Waals surface area contributed by atoms with E-state index in [0.29, 0.717) is 11.2 Å². The number of aliphatic hydroxyl groups is 1. The molecule has 2 aromatic heterocycles. The van der Waals surface area contributed by atoms with E-state index in [9.17, 15) is 9.67 Å². The molecule has 3 N–H and O–H groups in total. The Morgan fingerprint density at radius 1 is 1.28 bits per heavy atom. The van der Waals surface area contributed by atoms with E-state index >= 15 is 0 Å². The fourth-order valence-electron chi connectivity index (χ4n) is 3.41. The third-order valence-corrected chi connectivity index (χ3v) is 6.26. The minimum absolute atomic E-state index is 0.0476. The Kier molecular flexibility index (Phi) is 4.58. The number of nitrogens with two attached hydrogens (primary N) is 1. The van der Waals surface area contributed by atoms with Crippen LogP contribution in [0, 0.1) is 0 Å². The van der Waals surface area contributed by atoms with Gasteiger partial charge in [-0.25, -0.2) is 19.5 Å². The minimum Gasteiger partial charge on any atom is -0.386 e. The lowest BCUT2D eigenvalue weighted by molar-refractivity contribution is -0.0714. The molecule has 4 heterocycles. The van der Waals surface area contributed by atoms with Gasteiger partial charge in [-0.05, 0) is 5.56 Å². The van der Waals surface area contributed by atoms with E-state index in [0.717, 1.165) is 5.56 Å². The largest absolute Gasteiger partial charge is 0.475 e. The summed E-state index contributed by atoms with van der Waals surface area (Å²) in [5, 5.41) is 10.8. The van der Waals surface area contributed by atoms with Crippen molar-refractivity contribution in [3.05, 3.63) is 48.5 Å². The average Bonchev–Trinajstić information content (AvgIpc) is 3.30. The summed E-state index contributed by atoms with van der Waals surface area (Å²) in [5.41, 5.74) is 7.43. The van der Waals surface area contributed by atoms with E-state index in [2.05, 4.69) is 15.0 Å². The predicted molar refractivity (Wildman–Crippen MR) is 99.3 cm³/mol. The van der Waals surface area contributed by atoms with Gasteiger partial charge in [0.25, 0.3) is 0 Å². The third kappa shape index (κ3) is 3.31. The Bertz CT molecular complexity index is 1080. The van der Waals surface area contributed by atoms with Gasteiger partial charge in [-0.15, -0.1) is 0 Å². The number of hydrogen-bond acceptors (Lipinski definition) is 10. The van der Waals surface area contributed by atoms with E-state index in [1.807, 2.05) is 30.3 Å². The minimum atomic E-state index is -3.86. The van der Waals surface area contributed by atoms with Crippen LogP contribution >= 0.6 is 7.82 Å². The molecule has 0 bridgehead atoms. The third-order valence-electron chi connectivity index (χ3n) is 4.85. The predicted octanol–water partition coefficient (Wildman–Crippen LogP) is 1.41. The van der Waals surface area contributed by atoms with E-state index in [4.69, 9.17) is 24.0 Å². The highest BCUT2D eigenvalue weighted by molar-refractivity contribution is 7.48. The highest BCUT2D eigenvalue weighted by atomic mass is 31.2. The summed E-state index contributed by atoms with van der Waals surface area (Å²) in [4.78, 5) is 12.2. The number of aliphatic hydroxyl groups excluding tert-OH is 1. The molecule has 0 saturated carbocycles. The molecule has 2 unspecified atom stereocenters. The van der Waals surface area contributed by atoms with Crippen LogP contribution in [0.4, 0.5) is 5.82 Å². The first kappa shape index (κ1) is 18.6. The number of anilines is 1. The van der Waals surface area contributed by atoms with E-state index in [1.165, 1.54) is 17.2 Å². The molecule has 5 atom stereocenters. The summed E-state index contributed by atoms with van der Waals surface area (Å²) >= 11 is 0. The van der Waals surface area contributed by atoms with Crippen molar-refractivity contribution in [2.45, 2.75) is 31.1 Å². The van der Waals surface area contributed by atoms with Crippen molar-refractivity contribution in [1.29, 1.82) is 0 Å². The number of imidazole rings is 1. The fourth-order valence-corrected chi connectivity index (χ4v) is 4.80. The van der Waals surface area contributed by atoms with Crippen molar-refractivity contribution in [1.82, 2.24) is 19.5 Å². The van der Waals surface area contributed by atoms with Crippen LogP contribution < -0.4 is 5.73 Å². The molecule has 2 aliphatic heterocycles. The molecule has 12 heteroatoms. The maximum Gasteiger partial charge on any atom is 0.475 e. The number of aromatic nitrogens is 4. The zero-order valence-corrected chi connectivity index (χ0v) is 16.0. The van der Waals surface area contributed by atoms with Gasteiger partial charge >= 0.3 is 7.82 Å². The molecule has 2 saturated heterocycles. The molecule has 11 nitrogen and oxygen atoms in total. The molecule has 0 radical (unpaired) electrons. The number of phosphoric ester groups is 1. The molecule has 0 spiro atoms. The molecule has 0 aliphatic carbocycles. The summed E-state index contributed by atoms with van der Waals surface area (Å²) in [7, 11) is -3.86. The van der Waals surface area contributed by atoms with Crippen LogP contribution in [-0.4, -0.2) is 49.5 Å². The van der Waals surface area contributed by atoms with Gasteiger partial charge in [0.15, 0.2) is 17.7 Å². The summed E-state index contributed by atoms with van der Waals surface area (Å²) in [6.45, 7) is 0.00624. The first-order chi connectivity index (χ1) is 14.0. The standard InChI is InChI=1S/C17H18N5O6P/c18-15-12-16(20-8-19-15)22(9-21-12)17-13(23)14-11(27-17)7-26-29(24,28-14)25-6-10-4-2-1-3-5-10/h1-5,8-9,11,13-14,17,23H,6-7H2,(H2,18,19,20)/t11-,13-,14-,17?,29?/m1/s1. The normalized spacial score (nSPS) is 31.8. The van der Waals surface area contributed by atoms with E-state index in [-0.39, 0.29) is 19.0 Å². The van der Waals surface area contributed by atoms with Crippen LogP contribution in [0.5, 0.6) is 0 Å². The Labute approximate surface area is 165 Å². The van der Waals surface area contributed by atoms with Gasteiger partial charge in [0.1, 0.15) is 30.2 Å². The molecule has 5 rings (SSSR count). The van der Waals surface area contributed by atoms with Crippen molar-refractivity contribution in [2.75, 3.05) is 12.3 Å². The lowest BCUT2D eigenvalue weighted by Crippen LogP contribution is -2.39. The van der Waals surface area contributed by atoms with Gasteiger partial charge in [-0.3, -0.25) is 18.1 Å². The number of hydrogen-bond donors (Lipinski definition) is 2. The first-order valence-electron chi connectivity index (χ1n) is 8.92. The number of benzene rings is 1. The molecular weight excluding hydrogens is 401 g/mol. The van der Waals surface area contributed by atoms with Gasteiger partial charge < -0.3 is 15.6 Å². The van der Waals surface area contributed by atoms with E-state index in [1.54, 1.807) is 0 Å². The fraction of sp³-hybridized carbons (Fsp3) is 0.353. The highest BCUT2D eigenvalue weighted by Crippen LogP contribution is 2.57. The molecule has 29 heavy (non-hydrogen) atoms. The first-order valence-corrected chi connectivity index (χ1v) is 10.4. The number of nitrogen functional groups attached to an aromatic ring is 1. The van der Waals surface area contributed by atoms with Gasteiger partial charge in [-0.1, -0.05) is 30.3 Å². The monoisotopic (exact) mass is 419 g/mol. The molecule has 0 amide bonds. The average molecular weight is 419 g/mol. The Hall–Kier alpha value is -2.40. The summed E-state index contributed by atoms with van der Waals surface area (Å²) in [6, 6.07) is 9.23. The second kappa shape index (κ2) is 7.13. The second-order valence-electron chi connectivity index (χ2n) is 6.71. The molecular formula is C17H18N5O6P. The lowest BCUT2D eigenvalue weighted by atomic mass is 10.1. The number of phosphoric acid groups is 1. The molecule has 2 aliphatic rings. The van der Waals surface area contributed by atoms with Crippen LogP contribution in [0.2, 0.25) is 0 Å². The van der Waals surface area contributed by atoms with E-state index < -0.39 is 32.4 Å². The van der Waals surface area contributed by atoms with Crippen LogP contribution in [0.3, 0.4) is 0 Å². The lowest BCUT2D eigenvalue weighted by Gasteiger charge is -2.30. The molecule has 3 aromatic rings. The van der Waals surface area contributed by atoms with Crippen molar-refractivity contribution < 1.29 is 28.0 Å². The van der Waals surface area contributed by atoms with Crippen molar-refractivity contribution in [3.8, 4) is 0 Å². The van der Waals surface area contributed by atoms with Crippen LogP contribution in [-0.2, 0) is 29.5 Å². The number of fused-ring (bicyclic) bond motifs is 2. The second-order valence-corrected chi connectivity index (χ2v) is 8.33. The molecule has 1 aromatic carbocycles. The number of ether oxygens (including phenoxy) is 1. The van der Waals surface area contributed by atoms with Crippen LogP contribution in [0.15, 0.2) is 43.0 Å². The van der Waals surface area contributed by atoms with Gasteiger partial charge in [-0.2, -0.15) is 0 Å². The zero-order chi connectivity index (χ0) is 20.0. The highest BCUT2D eigenvalue weighted by Gasteiger charge is 2.53. The molecule has 2 fully saturated rings. The molecule has 152 valence electrons. The summed E-state index contributed by atoms with van der Waals surface area (Å²) < 4.78 is 36.5. The van der Waals surface area contributed by atoms with Crippen LogP contribution in [0.1, 0.15) is 11.8 Å². The smallest absolute Gasteiger partial charge is 0.386 e. The van der Waals surface area contributed by atoms with Crippen molar-refractivity contribution in [3.63, 3.8) is 0 Å². The number of nitrogens with zero attached hydrogens (tertiary/aromatic N) is 4. The zero-order valence-electron chi connectivity index (χ0n) is 15.1. The maximum atomic E-state index is 12.9.